The van der Waals surface area contributed by atoms with E-state index < -0.39 is 11.2 Å². The molecule has 0 saturated heterocycles. The minimum Gasteiger partial charge on any atom is -0.444 e. The molecule has 0 heterocycles. The van der Waals surface area contributed by atoms with Crippen LogP contribution in [0.3, 0.4) is 0 Å². The summed E-state index contributed by atoms with van der Waals surface area (Å²) in [6, 6.07) is 0. The van der Waals surface area contributed by atoms with Gasteiger partial charge in [0.15, 0.2) is 0 Å². The Balaban J connectivity index is 4.55. The van der Waals surface area contributed by atoms with E-state index in [2.05, 4.69) is 15.9 Å². The van der Waals surface area contributed by atoms with E-state index in [1.54, 1.807) is 4.90 Å². The Morgan fingerprint density at radius 3 is 2.19 bits per heavy atom. The smallest absolute Gasteiger partial charge is 0.410 e. The van der Waals surface area contributed by atoms with Crippen molar-refractivity contribution in [2.45, 2.75) is 52.7 Å². The maximum atomic E-state index is 12.2. The van der Waals surface area contributed by atoms with Crippen molar-refractivity contribution in [1.82, 2.24) is 4.90 Å². The molecule has 126 valence electrons. The second kappa shape index (κ2) is 9.64. The third-order valence-corrected chi connectivity index (χ3v) is 3.91. The van der Waals surface area contributed by atoms with Gasteiger partial charge in [0.25, 0.3) is 0 Å². The fourth-order valence-corrected chi connectivity index (χ4v) is 1.99. The molecule has 0 aliphatic heterocycles. The summed E-state index contributed by atoms with van der Waals surface area (Å²) in [4.78, 5) is 13.8. The van der Waals surface area contributed by atoms with Gasteiger partial charge in [-0.3, -0.25) is 0 Å². The Bertz CT molecular complexity index is 307. The van der Waals surface area contributed by atoms with Gasteiger partial charge >= 0.3 is 6.09 Å². The number of halogens is 1. The number of amides is 1. The van der Waals surface area contributed by atoms with Crippen molar-refractivity contribution in [3.05, 3.63) is 0 Å². The van der Waals surface area contributed by atoms with Crippen LogP contribution in [0.4, 0.5) is 4.79 Å². The Hall–Kier alpha value is -0.330. The van der Waals surface area contributed by atoms with E-state index in [9.17, 15) is 4.79 Å². The predicted molar refractivity (Wildman–Crippen MR) is 88.1 cm³/mol. The fourth-order valence-electron chi connectivity index (χ4n) is 1.65. The van der Waals surface area contributed by atoms with Crippen molar-refractivity contribution in [1.29, 1.82) is 0 Å². The molecule has 0 aromatic heterocycles. The summed E-state index contributed by atoms with van der Waals surface area (Å²) in [5.74, 6) is 0. The number of hydrogen-bond donors (Lipinski definition) is 0. The summed E-state index contributed by atoms with van der Waals surface area (Å²) in [6.07, 6.45) is -0.314. The Morgan fingerprint density at radius 2 is 1.76 bits per heavy atom. The lowest BCUT2D eigenvalue weighted by Crippen LogP contribution is -2.48. The van der Waals surface area contributed by atoms with E-state index in [4.69, 9.17) is 14.2 Å². The van der Waals surface area contributed by atoms with Crippen LogP contribution in [-0.2, 0) is 14.2 Å². The average molecular weight is 368 g/mol. The van der Waals surface area contributed by atoms with Crippen molar-refractivity contribution in [2.24, 2.45) is 0 Å². The maximum Gasteiger partial charge on any atom is 0.410 e. The van der Waals surface area contributed by atoms with E-state index in [1.807, 2.05) is 41.5 Å². The molecule has 0 spiro atoms. The van der Waals surface area contributed by atoms with Crippen molar-refractivity contribution in [3.63, 3.8) is 0 Å². The zero-order valence-electron chi connectivity index (χ0n) is 14.2. The minimum absolute atomic E-state index is 0.314. The van der Waals surface area contributed by atoms with Crippen molar-refractivity contribution < 1.29 is 19.0 Å². The third kappa shape index (κ3) is 9.32. The highest BCUT2D eigenvalue weighted by atomic mass is 79.9. The minimum atomic E-state index is -0.495. The first-order valence-electron chi connectivity index (χ1n) is 7.43. The summed E-state index contributed by atoms with van der Waals surface area (Å²) < 4.78 is 16.6. The van der Waals surface area contributed by atoms with Crippen molar-refractivity contribution >= 4 is 22.0 Å². The van der Waals surface area contributed by atoms with E-state index in [0.717, 1.165) is 0 Å². The predicted octanol–water partition coefficient (Wildman–Crippen LogP) is 3.45. The topological polar surface area (TPSA) is 48.0 Å². The number of alkyl halides is 1. The number of rotatable bonds is 9. The lowest BCUT2D eigenvalue weighted by atomic mass is 10.1. The molecular weight excluding hydrogens is 338 g/mol. The van der Waals surface area contributed by atoms with Crippen molar-refractivity contribution in [2.75, 3.05) is 38.2 Å². The Labute approximate surface area is 137 Å². The Kier molecular flexibility index (Phi) is 9.49. The third-order valence-electron chi connectivity index (χ3n) is 2.72. The first-order chi connectivity index (χ1) is 9.67. The molecule has 21 heavy (non-hydrogen) atoms. The van der Waals surface area contributed by atoms with Crippen LogP contribution >= 0.6 is 15.9 Å². The summed E-state index contributed by atoms with van der Waals surface area (Å²) >= 11 is 3.46. The van der Waals surface area contributed by atoms with E-state index in [1.165, 1.54) is 0 Å². The fraction of sp³-hybridized carbons (Fsp3) is 0.933. The SMILES string of the molecule is CCOCCOC(C)(CBr)CN(CC)C(=O)OC(C)(C)C. The second-order valence-electron chi connectivity index (χ2n) is 6.12. The molecule has 0 saturated carbocycles. The molecule has 0 aromatic rings. The number of ether oxygens (including phenoxy) is 3. The molecule has 5 nitrogen and oxygen atoms in total. The van der Waals surface area contributed by atoms with Crippen LogP contribution in [0.1, 0.15) is 41.5 Å². The highest BCUT2D eigenvalue weighted by Crippen LogP contribution is 2.18. The molecule has 1 unspecified atom stereocenters. The second-order valence-corrected chi connectivity index (χ2v) is 6.68. The molecule has 1 amide bonds. The highest BCUT2D eigenvalue weighted by Gasteiger charge is 2.30. The monoisotopic (exact) mass is 367 g/mol. The molecule has 0 rings (SSSR count). The van der Waals surface area contributed by atoms with Gasteiger partial charge in [-0.2, -0.15) is 0 Å². The van der Waals surface area contributed by atoms with Crippen LogP contribution in [-0.4, -0.2) is 60.4 Å². The molecule has 0 aromatic carbocycles. The molecule has 6 heteroatoms. The number of likely N-dealkylation sites (N-methyl/N-ethyl adjacent to an activating group) is 1. The van der Waals surface area contributed by atoms with Gasteiger partial charge in [-0.05, 0) is 41.5 Å². The van der Waals surface area contributed by atoms with Gasteiger partial charge in [-0.15, -0.1) is 0 Å². The molecular formula is C15H30BrNO4. The average Bonchev–Trinajstić information content (AvgIpc) is 2.39. The van der Waals surface area contributed by atoms with Crippen LogP contribution < -0.4 is 0 Å². The molecule has 0 aliphatic rings. The summed E-state index contributed by atoms with van der Waals surface area (Å²) in [7, 11) is 0. The highest BCUT2D eigenvalue weighted by molar-refractivity contribution is 9.09. The molecule has 0 fully saturated rings. The number of hydrogen-bond acceptors (Lipinski definition) is 4. The van der Waals surface area contributed by atoms with Gasteiger partial charge in [0.2, 0.25) is 0 Å². The molecule has 0 aliphatic carbocycles. The summed E-state index contributed by atoms with van der Waals surface area (Å²) in [5, 5.41) is 0.630. The lowest BCUT2D eigenvalue weighted by molar-refractivity contribution is -0.0599. The van der Waals surface area contributed by atoms with E-state index in [0.29, 0.717) is 38.2 Å². The van der Waals surface area contributed by atoms with Gasteiger partial charge in [0.1, 0.15) is 5.60 Å². The molecule has 0 radical (unpaired) electrons. The van der Waals surface area contributed by atoms with Crippen molar-refractivity contribution in [3.8, 4) is 0 Å². The van der Waals surface area contributed by atoms with Crippen LogP contribution in [0.5, 0.6) is 0 Å². The standard InChI is InChI=1S/C15H30BrNO4/c1-7-17(13(18)21-14(3,4)5)12-15(6,11-16)20-10-9-19-8-2/h7-12H2,1-6H3. The lowest BCUT2D eigenvalue weighted by Gasteiger charge is -2.34. The van der Waals surface area contributed by atoms with E-state index >= 15 is 0 Å². The zero-order chi connectivity index (χ0) is 16.5. The largest absolute Gasteiger partial charge is 0.444 e. The quantitative estimate of drug-likeness (QED) is 0.462. The zero-order valence-corrected chi connectivity index (χ0v) is 15.8. The number of nitrogens with zero attached hydrogens (tertiary/aromatic N) is 1. The van der Waals surface area contributed by atoms with Gasteiger partial charge in [0.05, 0.1) is 25.4 Å². The summed E-state index contributed by atoms with van der Waals surface area (Å²) in [5.41, 5.74) is -0.963. The van der Waals surface area contributed by atoms with Crippen LogP contribution in [0.15, 0.2) is 0 Å². The Morgan fingerprint density at radius 1 is 1.14 bits per heavy atom. The number of carbonyl (C=O) groups is 1. The normalized spacial score (nSPS) is 14.6. The van der Waals surface area contributed by atoms with E-state index in [-0.39, 0.29) is 6.09 Å². The summed E-state index contributed by atoms with van der Waals surface area (Å²) in [6.45, 7) is 14.2. The van der Waals surface area contributed by atoms with Crippen LogP contribution in [0, 0.1) is 0 Å². The van der Waals surface area contributed by atoms with Gasteiger partial charge in [0, 0.05) is 18.5 Å². The molecule has 1 atom stereocenters. The number of carbonyl (C=O) groups excluding carboxylic acids is 1. The molecule has 0 N–H and O–H groups in total. The van der Waals surface area contributed by atoms with Crippen LogP contribution in [0.25, 0.3) is 0 Å². The van der Waals surface area contributed by atoms with Gasteiger partial charge in [-0.1, -0.05) is 15.9 Å². The first kappa shape index (κ1) is 20.7. The van der Waals surface area contributed by atoms with Gasteiger partial charge < -0.3 is 19.1 Å². The van der Waals surface area contributed by atoms with Crippen LogP contribution in [0.2, 0.25) is 0 Å². The van der Waals surface area contributed by atoms with Gasteiger partial charge in [-0.25, -0.2) is 4.79 Å². The molecule has 0 bridgehead atoms. The maximum absolute atomic E-state index is 12.2. The first-order valence-corrected chi connectivity index (χ1v) is 8.55.